The van der Waals surface area contributed by atoms with Crippen molar-refractivity contribution >= 4 is 0 Å². The molecule has 0 aliphatic heterocycles. The molecule has 1 aromatic heterocycles. The smallest absolute Gasteiger partial charge is 0.0404 e. The van der Waals surface area contributed by atoms with E-state index in [4.69, 9.17) is 0 Å². The standard InChI is InChI=1S/C19H26N2/c1-3-14-21-19(13-12-18-7-5-6-15-20-18)17-10-8-16(4-2)9-11-17/h5-11,15,19,21H,3-4,12-14H2,1-2H3. The average molecular weight is 282 g/mol. The van der Waals surface area contributed by atoms with Crippen LogP contribution in [0.1, 0.15) is 49.6 Å². The number of aryl methyl sites for hydroxylation is 2. The maximum absolute atomic E-state index is 4.42. The SMILES string of the molecule is CCCNC(CCc1ccccn1)c1ccc(CC)cc1. The molecule has 2 rings (SSSR count). The molecular weight excluding hydrogens is 256 g/mol. The molecule has 0 aliphatic carbocycles. The molecule has 2 nitrogen and oxygen atoms in total. The van der Waals surface area contributed by atoms with Crippen molar-refractivity contribution in [1.82, 2.24) is 10.3 Å². The van der Waals surface area contributed by atoms with E-state index in [0.29, 0.717) is 6.04 Å². The first-order valence-electron chi connectivity index (χ1n) is 8.05. The van der Waals surface area contributed by atoms with E-state index < -0.39 is 0 Å². The summed E-state index contributed by atoms with van der Waals surface area (Å²) in [6, 6.07) is 15.6. The number of pyridine rings is 1. The Morgan fingerprint density at radius 3 is 2.48 bits per heavy atom. The number of nitrogens with one attached hydrogen (secondary N) is 1. The summed E-state index contributed by atoms with van der Waals surface area (Å²) in [4.78, 5) is 4.42. The predicted octanol–water partition coefficient (Wildman–Crippen LogP) is 4.32. The zero-order valence-electron chi connectivity index (χ0n) is 13.2. The van der Waals surface area contributed by atoms with Gasteiger partial charge in [0, 0.05) is 17.9 Å². The lowest BCUT2D eigenvalue weighted by Crippen LogP contribution is -2.22. The van der Waals surface area contributed by atoms with Crippen molar-refractivity contribution in [2.24, 2.45) is 0 Å². The maximum Gasteiger partial charge on any atom is 0.0404 e. The third-order valence-electron chi connectivity index (χ3n) is 3.85. The molecule has 21 heavy (non-hydrogen) atoms. The van der Waals surface area contributed by atoms with Crippen LogP contribution in [-0.2, 0) is 12.8 Å². The van der Waals surface area contributed by atoms with Gasteiger partial charge in [-0.05, 0) is 55.5 Å². The molecule has 1 N–H and O–H groups in total. The molecule has 1 atom stereocenters. The highest BCUT2D eigenvalue weighted by atomic mass is 14.9. The van der Waals surface area contributed by atoms with Crippen LogP contribution >= 0.6 is 0 Å². The van der Waals surface area contributed by atoms with Gasteiger partial charge >= 0.3 is 0 Å². The molecular formula is C19H26N2. The summed E-state index contributed by atoms with van der Waals surface area (Å²) in [7, 11) is 0. The summed E-state index contributed by atoms with van der Waals surface area (Å²) in [5, 5.41) is 3.67. The number of hydrogen-bond donors (Lipinski definition) is 1. The van der Waals surface area contributed by atoms with Crippen LogP contribution in [0.25, 0.3) is 0 Å². The van der Waals surface area contributed by atoms with Crippen molar-refractivity contribution in [3.8, 4) is 0 Å². The summed E-state index contributed by atoms with van der Waals surface area (Å²) in [6.45, 7) is 5.47. The zero-order valence-corrected chi connectivity index (χ0v) is 13.2. The predicted molar refractivity (Wildman–Crippen MR) is 89.4 cm³/mol. The van der Waals surface area contributed by atoms with Crippen LogP contribution < -0.4 is 5.32 Å². The van der Waals surface area contributed by atoms with E-state index in [1.807, 2.05) is 12.3 Å². The summed E-state index contributed by atoms with van der Waals surface area (Å²) in [6.07, 6.45) is 6.23. The Balaban J connectivity index is 2.02. The Kier molecular flexibility index (Phi) is 6.42. The molecule has 0 fully saturated rings. The van der Waals surface area contributed by atoms with Gasteiger partial charge in [0.25, 0.3) is 0 Å². The zero-order chi connectivity index (χ0) is 14.9. The molecule has 2 aromatic rings. The summed E-state index contributed by atoms with van der Waals surface area (Å²) < 4.78 is 0. The molecule has 2 heteroatoms. The summed E-state index contributed by atoms with van der Waals surface area (Å²) in [5.74, 6) is 0. The quantitative estimate of drug-likeness (QED) is 0.780. The highest BCUT2D eigenvalue weighted by Crippen LogP contribution is 2.20. The fourth-order valence-electron chi connectivity index (χ4n) is 2.53. The normalized spacial score (nSPS) is 12.3. The summed E-state index contributed by atoms with van der Waals surface area (Å²) >= 11 is 0. The summed E-state index contributed by atoms with van der Waals surface area (Å²) in [5.41, 5.74) is 3.96. The molecule has 1 heterocycles. The van der Waals surface area contributed by atoms with Crippen molar-refractivity contribution in [3.05, 3.63) is 65.5 Å². The monoisotopic (exact) mass is 282 g/mol. The molecule has 0 spiro atoms. The third kappa shape index (κ3) is 4.98. The fraction of sp³-hybridized carbons (Fsp3) is 0.421. The molecule has 1 aromatic carbocycles. The molecule has 0 bridgehead atoms. The topological polar surface area (TPSA) is 24.9 Å². The van der Waals surface area contributed by atoms with E-state index in [1.165, 1.54) is 16.8 Å². The minimum Gasteiger partial charge on any atom is -0.310 e. The van der Waals surface area contributed by atoms with Crippen LogP contribution in [0.3, 0.4) is 0 Å². The molecule has 0 saturated carbocycles. The van der Waals surface area contributed by atoms with Gasteiger partial charge in [0.05, 0.1) is 0 Å². The van der Waals surface area contributed by atoms with Crippen LogP contribution in [0.2, 0.25) is 0 Å². The number of aromatic nitrogens is 1. The van der Waals surface area contributed by atoms with Gasteiger partial charge in [0.1, 0.15) is 0 Å². The van der Waals surface area contributed by atoms with Crippen molar-refractivity contribution in [2.75, 3.05) is 6.54 Å². The lowest BCUT2D eigenvalue weighted by Gasteiger charge is -2.19. The molecule has 0 saturated heterocycles. The Labute approximate surface area is 128 Å². The van der Waals surface area contributed by atoms with Crippen molar-refractivity contribution < 1.29 is 0 Å². The Hall–Kier alpha value is -1.67. The molecule has 0 amide bonds. The lowest BCUT2D eigenvalue weighted by atomic mass is 9.99. The van der Waals surface area contributed by atoms with Crippen molar-refractivity contribution in [1.29, 1.82) is 0 Å². The van der Waals surface area contributed by atoms with Gasteiger partial charge in [-0.3, -0.25) is 4.98 Å². The first kappa shape index (κ1) is 15.7. The number of nitrogens with zero attached hydrogens (tertiary/aromatic N) is 1. The van der Waals surface area contributed by atoms with Crippen LogP contribution in [0.4, 0.5) is 0 Å². The third-order valence-corrected chi connectivity index (χ3v) is 3.85. The van der Waals surface area contributed by atoms with Gasteiger partial charge in [-0.15, -0.1) is 0 Å². The highest BCUT2D eigenvalue weighted by Gasteiger charge is 2.11. The van der Waals surface area contributed by atoms with E-state index in [-0.39, 0.29) is 0 Å². The van der Waals surface area contributed by atoms with E-state index in [2.05, 4.69) is 60.5 Å². The lowest BCUT2D eigenvalue weighted by molar-refractivity contribution is 0.497. The first-order chi connectivity index (χ1) is 10.3. The Morgan fingerprint density at radius 1 is 1.05 bits per heavy atom. The van der Waals surface area contributed by atoms with Crippen LogP contribution in [0, 0.1) is 0 Å². The van der Waals surface area contributed by atoms with Gasteiger partial charge in [-0.25, -0.2) is 0 Å². The van der Waals surface area contributed by atoms with E-state index in [1.54, 1.807) is 0 Å². The van der Waals surface area contributed by atoms with E-state index >= 15 is 0 Å². The maximum atomic E-state index is 4.42. The molecule has 112 valence electrons. The van der Waals surface area contributed by atoms with Crippen LogP contribution in [-0.4, -0.2) is 11.5 Å². The molecule has 0 radical (unpaired) electrons. The van der Waals surface area contributed by atoms with Crippen LogP contribution in [0.5, 0.6) is 0 Å². The Bertz CT molecular complexity index is 505. The first-order valence-corrected chi connectivity index (χ1v) is 8.05. The molecule has 1 unspecified atom stereocenters. The second-order valence-corrected chi connectivity index (χ2v) is 5.46. The van der Waals surface area contributed by atoms with Crippen LogP contribution in [0.15, 0.2) is 48.7 Å². The fourth-order valence-corrected chi connectivity index (χ4v) is 2.53. The van der Waals surface area contributed by atoms with Gasteiger partial charge in [-0.1, -0.05) is 44.2 Å². The second kappa shape index (κ2) is 8.58. The number of benzene rings is 1. The van der Waals surface area contributed by atoms with E-state index in [9.17, 15) is 0 Å². The van der Waals surface area contributed by atoms with E-state index in [0.717, 1.165) is 32.2 Å². The minimum absolute atomic E-state index is 0.415. The second-order valence-electron chi connectivity index (χ2n) is 5.46. The van der Waals surface area contributed by atoms with Gasteiger partial charge in [0.2, 0.25) is 0 Å². The number of rotatable bonds is 8. The number of hydrogen-bond acceptors (Lipinski definition) is 2. The van der Waals surface area contributed by atoms with Crippen molar-refractivity contribution in [3.63, 3.8) is 0 Å². The largest absolute Gasteiger partial charge is 0.310 e. The van der Waals surface area contributed by atoms with Crippen molar-refractivity contribution in [2.45, 2.75) is 45.6 Å². The highest BCUT2D eigenvalue weighted by molar-refractivity contribution is 5.25. The van der Waals surface area contributed by atoms with Gasteiger partial charge in [0.15, 0.2) is 0 Å². The molecule has 0 aliphatic rings. The van der Waals surface area contributed by atoms with Gasteiger partial charge in [-0.2, -0.15) is 0 Å². The average Bonchev–Trinajstić information content (AvgIpc) is 2.56. The Morgan fingerprint density at radius 2 is 1.86 bits per heavy atom. The van der Waals surface area contributed by atoms with Gasteiger partial charge < -0.3 is 5.32 Å². The minimum atomic E-state index is 0.415.